The molecule has 2 aliphatic carbocycles. The minimum absolute atomic E-state index is 0.0183. The summed E-state index contributed by atoms with van der Waals surface area (Å²) in [7, 11) is 0. The van der Waals surface area contributed by atoms with Gasteiger partial charge in [0.2, 0.25) is 11.8 Å². The molecule has 2 amide bonds. The fraction of sp³-hybridized carbons (Fsp3) is 0.600. The average molecular weight is 655 g/mol. The van der Waals surface area contributed by atoms with Gasteiger partial charge in [-0.05, 0) is 76.1 Å². The number of rotatable bonds is 13. The first-order chi connectivity index (χ1) is 22.5. The smallest absolute Gasteiger partial charge is 0.338 e. The molecule has 3 N–H and O–H groups in total. The largest absolute Gasteiger partial charge is 0.460 e. The lowest BCUT2D eigenvalue weighted by molar-refractivity contribution is -0.155. The van der Waals surface area contributed by atoms with Gasteiger partial charge in [-0.1, -0.05) is 24.3 Å². The Kier molecular flexibility index (Phi) is 11.5. The number of carbonyl (C=O) groups excluding carboxylic acids is 4. The van der Waals surface area contributed by atoms with Crippen molar-refractivity contribution in [3.63, 3.8) is 0 Å². The van der Waals surface area contributed by atoms with Gasteiger partial charge in [-0.15, -0.1) is 0 Å². The number of esters is 2. The van der Waals surface area contributed by atoms with Crippen molar-refractivity contribution in [2.24, 2.45) is 5.92 Å². The lowest BCUT2D eigenvalue weighted by Gasteiger charge is -2.30. The van der Waals surface area contributed by atoms with Gasteiger partial charge in [0, 0.05) is 31.4 Å². The highest BCUT2D eigenvalue weighted by Gasteiger charge is 2.43. The van der Waals surface area contributed by atoms with Gasteiger partial charge in [0.25, 0.3) is 0 Å². The molecular formula is C35H46N2O10. The van der Waals surface area contributed by atoms with Gasteiger partial charge in [-0.2, -0.15) is 0 Å². The van der Waals surface area contributed by atoms with Crippen LogP contribution in [0.5, 0.6) is 0 Å². The van der Waals surface area contributed by atoms with E-state index in [1.807, 2.05) is 12.1 Å². The molecule has 2 heterocycles. The van der Waals surface area contributed by atoms with Crippen LogP contribution in [0.2, 0.25) is 0 Å². The summed E-state index contributed by atoms with van der Waals surface area (Å²) in [6.07, 6.45) is 8.70. The summed E-state index contributed by atoms with van der Waals surface area (Å²) in [5.41, 5.74) is 1.14. The Balaban J connectivity index is 1.07. The van der Waals surface area contributed by atoms with E-state index in [4.69, 9.17) is 23.7 Å². The second-order valence-corrected chi connectivity index (χ2v) is 13.6. The van der Waals surface area contributed by atoms with Crippen molar-refractivity contribution in [2.75, 3.05) is 19.9 Å². The molecule has 0 radical (unpaired) electrons. The molecule has 47 heavy (non-hydrogen) atoms. The van der Waals surface area contributed by atoms with E-state index in [2.05, 4.69) is 22.8 Å². The summed E-state index contributed by atoms with van der Waals surface area (Å²) in [6.45, 7) is 5.02. The molecule has 2 aliphatic heterocycles. The molecular weight excluding hydrogens is 608 g/mol. The van der Waals surface area contributed by atoms with Gasteiger partial charge in [-0.3, -0.25) is 14.4 Å². The molecule has 7 unspecified atom stereocenters. The number of carbonyl (C=O) groups is 4. The molecule has 1 aromatic carbocycles. The quantitative estimate of drug-likeness (QED) is 0.213. The van der Waals surface area contributed by atoms with Crippen molar-refractivity contribution in [1.82, 2.24) is 10.6 Å². The number of nitrogens with one attached hydrogen (secondary N) is 2. The second kappa shape index (κ2) is 15.5. The predicted molar refractivity (Wildman–Crippen MR) is 170 cm³/mol. The monoisotopic (exact) mass is 654 g/mol. The van der Waals surface area contributed by atoms with Crippen LogP contribution < -0.4 is 10.6 Å². The Labute approximate surface area is 275 Å². The maximum atomic E-state index is 13.1. The summed E-state index contributed by atoms with van der Waals surface area (Å²) in [6, 6.07) is 6.59. The van der Waals surface area contributed by atoms with Gasteiger partial charge < -0.3 is 39.4 Å². The zero-order chi connectivity index (χ0) is 33.6. The molecule has 7 atom stereocenters. The van der Waals surface area contributed by atoms with Crippen molar-refractivity contribution in [2.45, 2.75) is 108 Å². The lowest BCUT2D eigenvalue weighted by atomic mass is 9.89. The fourth-order valence-electron chi connectivity index (χ4n) is 6.11. The van der Waals surface area contributed by atoms with E-state index >= 15 is 0 Å². The number of aliphatic hydroxyl groups is 1. The van der Waals surface area contributed by atoms with Gasteiger partial charge >= 0.3 is 11.9 Å². The zero-order valence-corrected chi connectivity index (χ0v) is 27.3. The van der Waals surface area contributed by atoms with Gasteiger partial charge in [0.15, 0.2) is 0 Å². The summed E-state index contributed by atoms with van der Waals surface area (Å²) >= 11 is 0. The SMILES string of the molecule is CC(C)(C)OC(=O)CCC(CO)NC(=O)CCNC(=O)C1=CC2OCOC2C(OC(=O)c2ccc(C=CC3CCC4OC4C3)cc2)C1. The predicted octanol–water partition coefficient (Wildman–Crippen LogP) is 2.97. The number of hydrogen-bond acceptors (Lipinski definition) is 10. The second-order valence-electron chi connectivity index (χ2n) is 13.6. The third-order valence-corrected chi connectivity index (χ3v) is 8.64. The minimum atomic E-state index is -0.737. The number of benzene rings is 1. The van der Waals surface area contributed by atoms with Crippen molar-refractivity contribution in [3.8, 4) is 0 Å². The summed E-state index contributed by atoms with van der Waals surface area (Å²) in [5.74, 6) is -1.22. The summed E-state index contributed by atoms with van der Waals surface area (Å²) in [5, 5.41) is 15.0. The normalized spacial score (nSPS) is 27.2. The van der Waals surface area contributed by atoms with Crippen LogP contribution in [-0.4, -0.2) is 91.0 Å². The van der Waals surface area contributed by atoms with Gasteiger partial charge in [-0.25, -0.2) is 4.79 Å². The van der Waals surface area contributed by atoms with Crippen LogP contribution in [0.3, 0.4) is 0 Å². The summed E-state index contributed by atoms with van der Waals surface area (Å²) in [4.78, 5) is 50.5. The average Bonchev–Trinajstić information content (AvgIpc) is 3.65. The topological polar surface area (TPSA) is 162 Å². The van der Waals surface area contributed by atoms with Crippen molar-refractivity contribution < 1.29 is 48.0 Å². The Morgan fingerprint density at radius 3 is 2.57 bits per heavy atom. The number of fused-ring (bicyclic) bond motifs is 2. The fourth-order valence-corrected chi connectivity index (χ4v) is 6.11. The first-order valence-electron chi connectivity index (χ1n) is 16.5. The molecule has 1 saturated carbocycles. The standard InChI is InChI=1S/C35H46N2O10/c1-35(2,3)47-31(40)13-11-25(19-38)37-30(39)14-15-36-33(41)24-17-28-32(44-20-43-28)29(18-24)46-34(42)23-9-6-21(7-10-23)4-5-22-8-12-26-27(16-22)45-26/h4-7,9-10,17,22,25-29,32,38H,8,11-16,18-20H2,1-3H3,(H,36,41)(H,37,39). The van der Waals surface area contributed by atoms with Crippen LogP contribution in [0.1, 0.15) is 81.6 Å². The number of ether oxygens (including phenoxy) is 5. The molecule has 0 aromatic heterocycles. The molecule has 12 nitrogen and oxygen atoms in total. The molecule has 3 fully saturated rings. The van der Waals surface area contributed by atoms with E-state index in [0.717, 1.165) is 24.8 Å². The third-order valence-electron chi connectivity index (χ3n) is 8.64. The zero-order valence-electron chi connectivity index (χ0n) is 27.3. The van der Waals surface area contributed by atoms with E-state index < -0.39 is 47.8 Å². The van der Waals surface area contributed by atoms with Crippen molar-refractivity contribution >= 4 is 29.8 Å². The van der Waals surface area contributed by atoms with Crippen LogP contribution in [-0.2, 0) is 38.1 Å². The minimum Gasteiger partial charge on any atom is -0.460 e. The van der Waals surface area contributed by atoms with E-state index in [9.17, 15) is 24.3 Å². The van der Waals surface area contributed by atoms with Crippen LogP contribution in [0.25, 0.3) is 6.08 Å². The van der Waals surface area contributed by atoms with Gasteiger partial charge in [0.1, 0.15) is 30.7 Å². The first-order valence-corrected chi connectivity index (χ1v) is 16.5. The van der Waals surface area contributed by atoms with Crippen LogP contribution in [0, 0.1) is 5.92 Å². The Hall–Kier alpha value is -3.58. The van der Waals surface area contributed by atoms with E-state index in [-0.39, 0.29) is 51.5 Å². The molecule has 256 valence electrons. The molecule has 0 bridgehead atoms. The van der Waals surface area contributed by atoms with Crippen LogP contribution in [0.15, 0.2) is 42.0 Å². The number of allylic oxidation sites excluding steroid dienone is 1. The maximum Gasteiger partial charge on any atom is 0.338 e. The molecule has 0 spiro atoms. The highest BCUT2D eigenvalue weighted by atomic mass is 16.7. The molecule has 4 aliphatic rings. The number of hydrogen-bond donors (Lipinski definition) is 3. The Morgan fingerprint density at radius 2 is 1.85 bits per heavy atom. The first kappa shape index (κ1) is 34.7. The Bertz CT molecular complexity index is 1350. The van der Waals surface area contributed by atoms with Crippen molar-refractivity contribution in [3.05, 3.63) is 53.1 Å². The van der Waals surface area contributed by atoms with Crippen LogP contribution in [0.4, 0.5) is 0 Å². The van der Waals surface area contributed by atoms with E-state index in [1.165, 1.54) is 0 Å². The Morgan fingerprint density at radius 1 is 1.06 bits per heavy atom. The molecule has 2 saturated heterocycles. The van der Waals surface area contributed by atoms with E-state index in [0.29, 0.717) is 29.3 Å². The van der Waals surface area contributed by atoms with Gasteiger partial charge in [0.05, 0.1) is 30.4 Å². The number of epoxide rings is 1. The third kappa shape index (κ3) is 10.2. The van der Waals surface area contributed by atoms with Crippen LogP contribution >= 0.6 is 0 Å². The highest BCUT2D eigenvalue weighted by molar-refractivity contribution is 5.94. The molecule has 5 rings (SSSR count). The van der Waals surface area contributed by atoms with E-state index in [1.54, 1.807) is 39.0 Å². The lowest BCUT2D eigenvalue weighted by Crippen LogP contribution is -2.44. The summed E-state index contributed by atoms with van der Waals surface area (Å²) < 4.78 is 28.0. The maximum absolute atomic E-state index is 13.1. The van der Waals surface area contributed by atoms with Crippen molar-refractivity contribution in [1.29, 1.82) is 0 Å². The molecule has 1 aromatic rings. The highest BCUT2D eigenvalue weighted by Crippen LogP contribution is 2.40. The molecule has 12 heteroatoms. The number of aliphatic hydroxyl groups excluding tert-OH is 1. The number of amides is 2.